The van der Waals surface area contributed by atoms with Gasteiger partial charge in [0.1, 0.15) is 11.3 Å². The molecule has 0 radical (unpaired) electrons. The molecule has 0 unspecified atom stereocenters. The predicted molar refractivity (Wildman–Crippen MR) is 121 cm³/mol. The molecule has 0 saturated carbocycles. The molecule has 0 bridgehead atoms. The van der Waals surface area contributed by atoms with Gasteiger partial charge < -0.3 is 10.3 Å². The van der Waals surface area contributed by atoms with Gasteiger partial charge in [-0.1, -0.05) is 32.9 Å². The standard InChI is InChI=1S/C22H21N5O3S/c1-22(2,3)18(28)14-10-23-19-17(14)26-16(11-24-19)25-13-7-5-12(6-8-13)9-15-20(29)27(4)21(30)31-15/h5-11H,1-4H3,(H,23,24)(H,25,26). The Morgan fingerprint density at radius 2 is 1.90 bits per heavy atom. The van der Waals surface area contributed by atoms with E-state index in [1.807, 2.05) is 45.0 Å². The van der Waals surface area contributed by atoms with Gasteiger partial charge in [0.05, 0.1) is 16.7 Å². The molecule has 1 saturated heterocycles. The van der Waals surface area contributed by atoms with Crippen molar-refractivity contribution in [3.05, 3.63) is 52.7 Å². The van der Waals surface area contributed by atoms with Crippen molar-refractivity contribution >= 4 is 57.4 Å². The number of aromatic amines is 1. The van der Waals surface area contributed by atoms with Crippen LogP contribution in [0.1, 0.15) is 36.7 Å². The summed E-state index contributed by atoms with van der Waals surface area (Å²) >= 11 is 0.925. The number of H-pyrrole nitrogens is 1. The number of thioether (sulfide) groups is 1. The smallest absolute Gasteiger partial charge is 0.293 e. The fraction of sp³-hybridized carbons (Fsp3) is 0.227. The number of aromatic nitrogens is 3. The minimum atomic E-state index is -0.525. The molecule has 9 heteroatoms. The van der Waals surface area contributed by atoms with Crippen LogP contribution in [0.2, 0.25) is 0 Å². The predicted octanol–water partition coefficient (Wildman–Crippen LogP) is 4.60. The van der Waals surface area contributed by atoms with Gasteiger partial charge in [0.15, 0.2) is 11.4 Å². The number of anilines is 2. The van der Waals surface area contributed by atoms with Crippen LogP contribution in [-0.2, 0) is 4.79 Å². The molecule has 2 amide bonds. The minimum Gasteiger partial charge on any atom is -0.344 e. The fourth-order valence-corrected chi connectivity index (χ4v) is 3.86. The van der Waals surface area contributed by atoms with E-state index in [2.05, 4.69) is 20.3 Å². The van der Waals surface area contributed by atoms with Gasteiger partial charge in [-0.15, -0.1) is 0 Å². The van der Waals surface area contributed by atoms with Crippen molar-refractivity contribution in [1.82, 2.24) is 19.9 Å². The minimum absolute atomic E-state index is 0.00829. The largest absolute Gasteiger partial charge is 0.344 e. The summed E-state index contributed by atoms with van der Waals surface area (Å²) < 4.78 is 0. The maximum absolute atomic E-state index is 12.7. The van der Waals surface area contributed by atoms with E-state index in [1.165, 1.54) is 7.05 Å². The monoisotopic (exact) mass is 435 g/mol. The average molecular weight is 436 g/mol. The van der Waals surface area contributed by atoms with Gasteiger partial charge in [-0.25, -0.2) is 9.97 Å². The summed E-state index contributed by atoms with van der Waals surface area (Å²) in [6.45, 7) is 5.60. The molecule has 3 heterocycles. The lowest BCUT2D eigenvalue weighted by Crippen LogP contribution is -2.22. The summed E-state index contributed by atoms with van der Waals surface area (Å²) in [5, 5.41) is 2.90. The third-order valence-corrected chi connectivity index (χ3v) is 5.73. The molecular weight excluding hydrogens is 414 g/mol. The van der Waals surface area contributed by atoms with Crippen LogP contribution in [0.3, 0.4) is 0 Å². The quantitative estimate of drug-likeness (QED) is 0.455. The third-order valence-electron chi connectivity index (χ3n) is 4.77. The van der Waals surface area contributed by atoms with E-state index in [4.69, 9.17) is 0 Å². The van der Waals surface area contributed by atoms with Gasteiger partial charge in [0.25, 0.3) is 11.1 Å². The van der Waals surface area contributed by atoms with Crippen molar-refractivity contribution in [3.8, 4) is 0 Å². The number of hydrogen-bond donors (Lipinski definition) is 2. The highest BCUT2D eigenvalue weighted by atomic mass is 32.2. The van der Waals surface area contributed by atoms with Gasteiger partial charge in [-0.2, -0.15) is 0 Å². The lowest BCUT2D eigenvalue weighted by Gasteiger charge is -2.15. The highest BCUT2D eigenvalue weighted by Gasteiger charge is 2.31. The van der Waals surface area contributed by atoms with Crippen molar-refractivity contribution < 1.29 is 14.4 Å². The number of amides is 2. The van der Waals surface area contributed by atoms with Crippen LogP contribution in [0, 0.1) is 5.41 Å². The second kappa shape index (κ2) is 7.66. The highest BCUT2D eigenvalue weighted by Crippen LogP contribution is 2.31. The fourth-order valence-electron chi connectivity index (χ4n) is 3.04. The molecular formula is C22H21N5O3S. The molecule has 4 rings (SSSR count). The number of carbonyl (C=O) groups is 3. The Labute approximate surface area is 183 Å². The molecule has 0 aliphatic carbocycles. The zero-order chi connectivity index (χ0) is 22.3. The van der Waals surface area contributed by atoms with Crippen molar-refractivity contribution in [2.75, 3.05) is 12.4 Å². The van der Waals surface area contributed by atoms with Crippen molar-refractivity contribution in [2.45, 2.75) is 20.8 Å². The number of benzene rings is 1. The lowest BCUT2D eigenvalue weighted by atomic mass is 9.87. The second-order valence-corrected chi connectivity index (χ2v) is 9.21. The van der Waals surface area contributed by atoms with Crippen molar-refractivity contribution in [1.29, 1.82) is 0 Å². The third kappa shape index (κ3) is 4.09. The molecule has 158 valence electrons. The van der Waals surface area contributed by atoms with Gasteiger partial charge in [0, 0.05) is 24.3 Å². The Balaban J connectivity index is 1.55. The first-order valence-electron chi connectivity index (χ1n) is 9.61. The lowest BCUT2D eigenvalue weighted by molar-refractivity contribution is -0.121. The summed E-state index contributed by atoms with van der Waals surface area (Å²) in [5.41, 5.74) is 2.64. The van der Waals surface area contributed by atoms with E-state index in [9.17, 15) is 14.4 Å². The van der Waals surface area contributed by atoms with Crippen LogP contribution in [-0.4, -0.2) is 43.8 Å². The van der Waals surface area contributed by atoms with Crippen molar-refractivity contribution in [2.24, 2.45) is 5.41 Å². The topological polar surface area (TPSA) is 108 Å². The van der Waals surface area contributed by atoms with Crippen LogP contribution in [0.15, 0.2) is 41.6 Å². The maximum Gasteiger partial charge on any atom is 0.293 e. The van der Waals surface area contributed by atoms with Crippen LogP contribution >= 0.6 is 11.8 Å². The number of nitrogens with one attached hydrogen (secondary N) is 2. The number of likely N-dealkylation sites (N-methyl/N-ethyl adjacent to an activating group) is 1. The van der Waals surface area contributed by atoms with E-state index in [1.54, 1.807) is 18.5 Å². The SMILES string of the molecule is CN1C(=O)SC(=Cc2ccc(Nc3cnc4[nH]cc(C(=O)C(C)(C)C)c4n3)cc2)C1=O. The number of nitrogens with zero attached hydrogens (tertiary/aromatic N) is 3. The Hall–Kier alpha value is -3.46. The second-order valence-electron chi connectivity index (χ2n) is 8.22. The maximum atomic E-state index is 12.7. The molecule has 1 aromatic carbocycles. The Bertz CT molecular complexity index is 1240. The van der Waals surface area contributed by atoms with E-state index in [0.717, 1.165) is 27.9 Å². The summed E-state index contributed by atoms with van der Waals surface area (Å²) in [7, 11) is 1.47. The summed E-state index contributed by atoms with van der Waals surface area (Å²) in [6.07, 6.45) is 4.93. The average Bonchev–Trinajstić information content (AvgIpc) is 3.24. The number of hydrogen-bond acceptors (Lipinski definition) is 7. The number of carbonyl (C=O) groups excluding carboxylic acids is 3. The van der Waals surface area contributed by atoms with E-state index in [0.29, 0.717) is 27.5 Å². The van der Waals surface area contributed by atoms with E-state index in [-0.39, 0.29) is 16.9 Å². The Kier molecular flexibility index (Phi) is 5.14. The zero-order valence-electron chi connectivity index (χ0n) is 17.5. The molecule has 2 N–H and O–H groups in total. The number of imide groups is 1. The summed E-state index contributed by atoms with van der Waals surface area (Å²) in [4.78, 5) is 49.7. The first-order chi connectivity index (χ1) is 14.6. The van der Waals surface area contributed by atoms with Crippen molar-refractivity contribution in [3.63, 3.8) is 0 Å². The van der Waals surface area contributed by atoms with Crippen LogP contribution in [0.25, 0.3) is 17.2 Å². The molecule has 2 aromatic heterocycles. The molecule has 0 spiro atoms. The van der Waals surface area contributed by atoms with Crippen LogP contribution in [0.4, 0.5) is 16.3 Å². The van der Waals surface area contributed by atoms with Gasteiger partial charge in [-0.3, -0.25) is 19.3 Å². The Morgan fingerprint density at radius 3 is 2.52 bits per heavy atom. The number of fused-ring (bicyclic) bond motifs is 1. The first-order valence-corrected chi connectivity index (χ1v) is 10.4. The van der Waals surface area contributed by atoms with Gasteiger partial charge in [-0.05, 0) is 35.5 Å². The van der Waals surface area contributed by atoms with Gasteiger partial charge >= 0.3 is 0 Å². The normalized spacial score (nSPS) is 15.9. The molecule has 8 nitrogen and oxygen atoms in total. The Morgan fingerprint density at radius 1 is 1.19 bits per heavy atom. The summed E-state index contributed by atoms with van der Waals surface area (Å²) in [6, 6.07) is 7.35. The van der Waals surface area contributed by atoms with Crippen LogP contribution < -0.4 is 5.32 Å². The highest BCUT2D eigenvalue weighted by molar-refractivity contribution is 8.18. The molecule has 1 aliphatic heterocycles. The number of ketones is 1. The molecule has 31 heavy (non-hydrogen) atoms. The molecule has 0 atom stereocenters. The first kappa shape index (κ1) is 20.8. The number of rotatable bonds is 4. The zero-order valence-corrected chi connectivity index (χ0v) is 18.3. The summed E-state index contributed by atoms with van der Waals surface area (Å²) in [5.74, 6) is 0.203. The molecule has 1 fully saturated rings. The van der Waals surface area contributed by atoms with Gasteiger partial charge in [0.2, 0.25) is 0 Å². The molecule has 3 aromatic rings. The number of Topliss-reactive ketones (excluding diaryl/α,β-unsaturated/α-hetero) is 1. The van der Waals surface area contributed by atoms with E-state index >= 15 is 0 Å². The van der Waals surface area contributed by atoms with Crippen LogP contribution in [0.5, 0.6) is 0 Å². The molecule has 1 aliphatic rings. The van der Waals surface area contributed by atoms with E-state index < -0.39 is 5.41 Å².